The van der Waals surface area contributed by atoms with Gasteiger partial charge in [0, 0.05) is 18.0 Å². The number of hydrogen-bond donors (Lipinski definition) is 1. The molecule has 3 rings (SSSR count). The van der Waals surface area contributed by atoms with Crippen LogP contribution in [0.5, 0.6) is 5.75 Å². The standard InChI is InChI=1S/C27H33N3O3S/c1-3-5-17-29(27(32)28-24-15-9-10-16-25(24)33-4-2)21-26(31)30(20-23-14-11-18-34-23)19-22-12-7-6-8-13-22/h6-16,18H,3-5,17,19-21H2,1-2H3,(H,28,32). The van der Waals surface area contributed by atoms with E-state index < -0.39 is 0 Å². The molecule has 0 spiro atoms. The summed E-state index contributed by atoms with van der Waals surface area (Å²) in [5.41, 5.74) is 1.66. The number of anilines is 1. The summed E-state index contributed by atoms with van der Waals surface area (Å²) in [4.78, 5) is 31.2. The fraction of sp³-hybridized carbons (Fsp3) is 0.333. The Kier molecular flexibility index (Phi) is 9.98. The van der Waals surface area contributed by atoms with Crippen LogP contribution >= 0.6 is 11.3 Å². The van der Waals surface area contributed by atoms with E-state index in [1.807, 2.05) is 77.9 Å². The number of ether oxygens (including phenoxy) is 1. The minimum absolute atomic E-state index is 0.0147. The van der Waals surface area contributed by atoms with Crippen LogP contribution in [0.15, 0.2) is 72.1 Å². The number of para-hydroxylation sites is 2. The van der Waals surface area contributed by atoms with Crippen molar-refractivity contribution in [3.8, 4) is 5.75 Å². The van der Waals surface area contributed by atoms with Crippen molar-refractivity contribution in [2.45, 2.75) is 39.8 Å². The Morgan fingerprint density at radius 2 is 1.68 bits per heavy atom. The molecule has 0 aliphatic heterocycles. The predicted octanol–water partition coefficient (Wildman–Crippen LogP) is 6.01. The summed E-state index contributed by atoms with van der Waals surface area (Å²) in [6.45, 7) is 6.00. The van der Waals surface area contributed by atoms with E-state index in [-0.39, 0.29) is 18.5 Å². The molecular formula is C27H33N3O3S. The number of carbonyl (C=O) groups excluding carboxylic acids is 2. The van der Waals surface area contributed by atoms with E-state index in [1.165, 1.54) is 0 Å². The number of amides is 3. The van der Waals surface area contributed by atoms with Crippen molar-refractivity contribution in [2.75, 3.05) is 25.0 Å². The van der Waals surface area contributed by atoms with Gasteiger partial charge in [0.05, 0.1) is 18.8 Å². The van der Waals surface area contributed by atoms with Crippen molar-refractivity contribution in [3.05, 3.63) is 82.6 Å². The average molecular weight is 480 g/mol. The van der Waals surface area contributed by atoms with Crippen LogP contribution in [0, 0.1) is 0 Å². The van der Waals surface area contributed by atoms with Gasteiger partial charge in [-0.25, -0.2) is 4.79 Å². The third-order valence-electron chi connectivity index (χ3n) is 5.32. The van der Waals surface area contributed by atoms with Crippen molar-refractivity contribution in [2.24, 2.45) is 0 Å². The van der Waals surface area contributed by atoms with Gasteiger partial charge in [-0.1, -0.05) is 61.9 Å². The van der Waals surface area contributed by atoms with Crippen LogP contribution in [0.1, 0.15) is 37.1 Å². The molecule has 1 N–H and O–H groups in total. The molecule has 3 aromatic rings. The number of urea groups is 1. The van der Waals surface area contributed by atoms with Gasteiger partial charge in [-0.2, -0.15) is 0 Å². The van der Waals surface area contributed by atoms with Crippen molar-refractivity contribution < 1.29 is 14.3 Å². The summed E-state index contributed by atoms with van der Waals surface area (Å²) >= 11 is 1.63. The van der Waals surface area contributed by atoms with Gasteiger partial charge >= 0.3 is 6.03 Å². The Morgan fingerprint density at radius 1 is 0.912 bits per heavy atom. The second-order valence-electron chi connectivity index (χ2n) is 7.95. The summed E-state index contributed by atoms with van der Waals surface area (Å²) in [5, 5.41) is 4.95. The number of hydrogen-bond acceptors (Lipinski definition) is 4. The van der Waals surface area contributed by atoms with Gasteiger partial charge in [-0.05, 0) is 42.5 Å². The molecule has 0 bridgehead atoms. The fourth-order valence-electron chi connectivity index (χ4n) is 3.54. The van der Waals surface area contributed by atoms with Crippen molar-refractivity contribution in [1.29, 1.82) is 0 Å². The first-order valence-electron chi connectivity index (χ1n) is 11.7. The lowest BCUT2D eigenvalue weighted by Gasteiger charge is -2.28. The first-order chi connectivity index (χ1) is 16.6. The van der Waals surface area contributed by atoms with Crippen LogP contribution in [0.3, 0.4) is 0 Å². The molecule has 2 aromatic carbocycles. The number of rotatable bonds is 12. The van der Waals surface area contributed by atoms with Gasteiger partial charge in [-0.3, -0.25) is 4.79 Å². The third-order valence-corrected chi connectivity index (χ3v) is 6.18. The van der Waals surface area contributed by atoms with E-state index in [1.54, 1.807) is 22.3 Å². The summed E-state index contributed by atoms with van der Waals surface area (Å²) in [5.74, 6) is 0.533. The van der Waals surface area contributed by atoms with E-state index in [2.05, 4.69) is 12.2 Å². The topological polar surface area (TPSA) is 61.9 Å². The summed E-state index contributed by atoms with van der Waals surface area (Å²) in [7, 11) is 0. The lowest BCUT2D eigenvalue weighted by Crippen LogP contribution is -2.44. The number of carbonyl (C=O) groups is 2. The highest BCUT2D eigenvalue weighted by atomic mass is 32.1. The molecule has 0 saturated heterocycles. The SMILES string of the molecule is CCCCN(CC(=O)N(Cc1ccccc1)Cc1cccs1)C(=O)Nc1ccccc1OCC. The predicted molar refractivity (Wildman–Crippen MR) is 138 cm³/mol. The van der Waals surface area contributed by atoms with E-state index in [4.69, 9.17) is 4.74 Å². The maximum absolute atomic E-state index is 13.5. The number of benzene rings is 2. The molecule has 1 aromatic heterocycles. The average Bonchev–Trinajstić information content (AvgIpc) is 3.36. The molecule has 0 saturated carbocycles. The molecule has 0 aliphatic carbocycles. The van der Waals surface area contributed by atoms with Crippen molar-refractivity contribution in [1.82, 2.24) is 9.80 Å². The lowest BCUT2D eigenvalue weighted by atomic mass is 10.2. The van der Waals surface area contributed by atoms with Crippen molar-refractivity contribution in [3.63, 3.8) is 0 Å². The van der Waals surface area contributed by atoms with E-state index in [0.717, 1.165) is 23.3 Å². The van der Waals surface area contributed by atoms with Crippen LogP contribution < -0.4 is 10.1 Å². The Balaban J connectivity index is 1.75. The second kappa shape index (κ2) is 13.4. The van der Waals surface area contributed by atoms with Gasteiger partial charge in [0.25, 0.3) is 0 Å². The molecular weight excluding hydrogens is 446 g/mol. The fourth-order valence-corrected chi connectivity index (χ4v) is 4.26. The zero-order chi connectivity index (χ0) is 24.2. The molecule has 0 atom stereocenters. The first kappa shape index (κ1) is 25.3. The highest BCUT2D eigenvalue weighted by molar-refractivity contribution is 7.09. The highest BCUT2D eigenvalue weighted by Crippen LogP contribution is 2.24. The van der Waals surface area contributed by atoms with Crippen LogP contribution in [-0.4, -0.2) is 41.4 Å². The smallest absolute Gasteiger partial charge is 0.322 e. The van der Waals surface area contributed by atoms with Crippen LogP contribution in [0.25, 0.3) is 0 Å². The Bertz CT molecular complexity index is 1020. The highest BCUT2D eigenvalue weighted by Gasteiger charge is 2.22. The van der Waals surface area contributed by atoms with E-state index >= 15 is 0 Å². The summed E-state index contributed by atoms with van der Waals surface area (Å²) in [6, 6.07) is 21.0. The largest absolute Gasteiger partial charge is 0.492 e. The molecule has 7 heteroatoms. The van der Waals surface area contributed by atoms with Gasteiger partial charge in [0.2, 0.25) is 5.91 Å². The van der Waals surface area contributed by atoms with E-state index in [9.17, 15) is 9.59 Å². The third kappa shape index (κ3) is 7.63. The molecule has 0 radical (unpaired) electrons. The normalized spacial score (nSPS) is 10.5. The Hall–Kier alpha value is -3.32. The molecule has 0 unspecified atom stereocenters. The van der Waals surface area contributed by atoms with Crippen LogP contribution in [-0.2, 0) is 17.9 Å². The molecule has 34 heavy (non-hydrogen) atoms. The molecule has 6 nitrogen and oxygen atoms in total. The Labute approximate surface area is 206 Å². The molecule has 3 amide bonds. The summed E-state index contributed by atoms with van der Waals surface area (Å²) < 4.78 is 5.64. The van der Waals surface area contributed by atoms with E-state index in [0.29, 0.717) is 37.7 Å². The van der Waals surface area contributed by atoms with Gasteiger partial charge in [0.15, 0.2) is 0 Å². The summed E-state index contributed by atoms with van der Waals surface area (Å²) in [6.07, 6.45) is 1.74. The molecule has 0 fully saturated rings. The van der Waals surface area contributed by atoms with Crippen LogP contribution in [0.2, 0.25) is 0 Å². The minimum atomic E-state index is -0.301. The zero-order valence-corrected chi connectivity index (χ0v) is 20.7. The number of thiophene rings is 1. The maximum atomic E-state index is 13.5. The number of unbranched alkanes of at least 4 members (excludes halogenated alkanes) is 1. The second-order valence-corrected chi connectivity index (χ2v) is 8.98. The number of nitrogens with zero attached hydrogens (tertiary/aromatic N) is 2. The van der Waals surface area contributed by atoms with Crippen molar-refractivity contribution >= 4 is 29.0 Å². The monoisotopic (exact) mass is 479 g/mol. The number of nitrogens with one attached hydrogen (secondary N) is 1. The van der Waals surface area contributed by atoms with Gasteiger partial charge in [-0.15, -0.1) is 11.3 Å². The van der Waals surface area contributed by atoms with Crippen LogP contribution in [0.4, 0.5) is 10.5 Å². The minimum Gasteiger partial charge on any atom is -0.492 e. The molecule has 180 valence electrons. The molecule has 1 heterocycles. The lowest BCUT2D eigenvalue weighted by molar-refractivity contribution is -0.133. The first-order valence-corrected chi connectivity index (χ1v) is 12.6. The van der Waals surface area contributed by atoms with Gasteiger partial charge in [0.1, 0.15) is 12.3 Å². The Morgan fingerprint density at radius 3 is 2.38 bits per heavy atom. The molecule has 0 aliphatic rings. The quantitative estimate of drug-likeness (QED) is 0.346. The maximum Gasteiger partial charge on any atom is 0.322 e. The van der Waals surface area contributed by atoms with Gasteiger partial charge < -0.3 is 19.9 Å². The zero-order valence-electron chi connectivity index (χ0n) is 19.9.